The van der Waals surface area contributed by atoms with Crippen molar-refractivity contribution in [2.45, 2.75) is 26.4 Å². The van der Waals surface area contributed by atoms with Crippen LogP contribution in [0.15, 0.2) is 24.3 Å². The predicted molar refractivity (Wildman–Crippen MR) is 117 cm³/mol. The van der Waals surface area contributed by atoms with Crippen molar-refractivity contribution in [1.82, 2.24) is 10.2 Å². The van der Waals surface area contributed by atoms with Gasteiger partial charge in [-0.15, -0.1) is 0 Å². The summed E-state index contributed by atoms with van der Waals surface area (Å²) >= 11 is 0. The molecule has 0 atom stereocenters. The van der Waals surface area contributed by atoms with E-state index < -0.39 is 17.7 Å². The van der Waals surface area contributed by atoms with Crippen molar-refractivity contribution in [2.24, 2.45) is 0 Å². The van der Waals surface area contributed by atoms with Gasteiger partial charge in [-0.25, -0.2) is 9.59 Å². The maximum atomic E-state index is 11.8. The molecule has 0 aromatic heterocycles. The predicted octanol–water partition coefficient (Wildman–Crippen LogP) is 1.87. The number of carbonyl (C=O) groups excluding carboxylic acids is 3. The number of methoxy groups -OCH3 is 1. The number of nitrogens with one attached hydrogen (secondary N) is 1. The highest BCUT2D eigenvalue weighted by Gasteiger charge is 2.19. The van der Waals surface area contributed by atoms with Crippen LogP contribution in [-0.4, -0.2) is 88.8 Å². The number of hydrogen-bond donors (Lipinski definition) is 1. The molecule has 0 bridgehead atoms. The molecule has 180 valence electrons. The van der Waals surface area contributed by atoms with Crippen LogP contribution in [0.5, 0.6) is 5.75 Å². The second-order valence-corrected chi connectivity index (χ2v) is 7.78. The molecule has 2 amide bonds. The molecule has 10 heteroatoms. The minimum atomic E-state index is -0.529. The SMILES string of the molecule is COC(=O)c1ccc(OCC(=O)NCCOCCOCCN(C)C(=O)OC(C)(C)C)cc1. The Morgan fingerprint density at radius 3 is 2.19 bits per heavy atom. The molecule has 0 radical (unpaired) electrons. The van der Waals surface area contributed by atoms with E-state index in [4.69, 9.17) is 18.9 Å². The largest absolute Gasteiger partial charge is 0.484 e. The second kappa shape index (κ2) is 14.3. The number of carbonyl (C=O) groups is 3. The van der Waals surface area contributed by atoms with Crippen LogP contribution in [0.4, 0.5) is 4.79 Å². The van der Waals surface area contributed by atoms with E-state index in [9.17, 15) is 14.4 Å². The molecular weight excluding hydrogens is 420 g/mol. The van der Waals surface area contributed by atoms with Gasteiger partial charge in [-0.05, 0) is 45.0 Å². The van der Waals surface area contributed by atoms with E-state index in [0.29, 0.717) is 50.8 Å². The molecule has 0 heterocycles. The molecule has 0 saturated carbocycles. The van der Waals surface area contributed by atoms with Crippen molar-refractivity contribution in [3.05, 3.63) is 29.8 Å². The topological polar surface area (TPSA) is 113 Å². The summed E-state index contributed by atoms with van der Waals surface area (Å²) in [5.74, 6) is -0.251. The highest BCUT2D eigenvalue weighted by atomic mass is 16.6. The lowest BCUT2D eigenvalue weighted by Crippen LogP contribution is -2.36. The van der Waals surface area contributed by atoms with E-state index in [1.807, 2.05) is 20.8 Å². The van der Waals surface area contributed by atoms with E-state index in [-0.39, 0.29) is 12.5 Å². The van der Waals surface area contributed by atoms with E-state index >= 15 is 0 Å². The van der Waals surface area contributed by atoms with Gasteiger partial charge < -0.3 is 33.9 Å². The first-order valence-corrected chi connectivity index (χ1v) is 10.3. The zero-order chi connectivity index (χ0) is 24.0. The zero-order valence-corrected chi connectivity index (χ0v) is 19.5. The average molecular weight is 455 g/mol. The van der Waals surface area contributed by atoms with Crippen LogP contribution < -0.4 is 10.1 Å². The first-order valence-electron chi connectivity index (χ1n) is 10.3. The van der Waals surface area contributed by atoms with Gasteiger partial charge in [-0.1, -0.05) is 0 Å². The molecular formula is C22H34N2O8. The molecule has 0 spiro atoms. The summed E-state index contributed by atoms with van der Waals surface area (Å²) in [6.45, 7) is 7.49. The van der Waals surface area contributed by atoms with Crippen molar-refractivity contribution < 1.29 is 38.1 Å². The van der Waals surface area contributed by atoms with Gasteiger partial charge in [0.25, 0.3) is 5.91 Å². The third kappa shape index (κ3) is 12.1. The Bertz CT molecular complexity index is 716. The van der Waals surface area contributed by atoms with Gasteiger partial charge in [0.15, 0.2) is 6.61 Å². The van der Waals surface area contributed by atoms with Gasteiger partial charge in [0.05, 0.1) is 39.1 Å². The molecule has 0 fully saturated rings. The molecule has 1 aromatic rings. The van der Waals surface area contributed by atoms with Gasteiger partial charge in [0, 0.05) is 20.1 Å². The van der Waals surface area contributed by atoms with Gasteiger partial charge in [0.2, 0.25) is 0 Å². The standard InChI is InChI=1S/C22H34N2O8/c1-22(2,3)32-21(27)24(4)11-13-30-15-14-29-12-10-23-19(25)16-31-18-8-6-17(7-9-18)20(26)28-5/h6-9H,10-16H2,1-5H3,(H,23,25). The Morgan fingerprint density at radius 1 is 0.969 bits per heavy atom. The van der Waals surface area contributed by atoms with Crippen LogP contribution in [0, 0.1) is 0 Å². The molecule has 1 aromatic carbocycles. The Hall–Kier alpha value is -2.85. The number of ether oxygens (including phenoxy) is 5. The Labute approximate surface area is 189 Å². The van der Waals surface area contributed by atoms with E-state index in [2.05, 4.69) is 10.1 Å². The maximum Gasteiger partial charge on any atom is 0.410 e. The fourth-order valence-electron chi connectivity index (χ4n) is 2.22. The third-order valence-corrected chi connectivity index (χ3v) is 3.86. The van der Waals surface area contributed by atoms with Gasteiger partial charge in [-0.3, -0.25) is 4.79 Å². The molecule has 10 nitrogen and oxygen atoms in total. The van der Waals surface area contributed by atoms with Gasteiger partial charge in [-0.2, -0.15) is 0 Å². The molecule has 1 N–H and O–H groups in total. The lowest BCUT2D eigenvalue weighted by Gasteiger charge is -2.24. The molecule has 1 rings (SSSR count). The third-order valence-electron chi connectivity index (χ3n) is 3.86. The van der Waals surface area contributed by atoms with Crippen LogP contribution in [0.2, 0.25) is 0 Å². The molecule has 0 aliphatic heterocycles. The summed E-state index contributed by atoms with van der Waals surface area (Å²) in [4.78, 5) is 36.4. The minimum absolute atomic E-state index is 0.147. The smallest absolute Gasteiger partial charge is 0.410 e. The van der Waals surface area contributed by atoms with E-state index in [1.54, 1.807) is 31.3 Å². The van der Waals surface area contributed by atoms with Crippen LogP contribution >= 0.6 is 0 Å². The second-order valence-electron chi connectivity index (χ2n) is 7.78. The summed E-state index contributed by atoms with van der Waals surface area (Å²) in [6.07, 6.45) is -0.393. The first-order chi connectivity index (χ1) is 15.1. The molecule has 0 saturated heterocycles. The fraction of sp³-hybridized carbons (Fsp3) is 0.591. The molecule has 0 aliphatic rings. The van der Waals surface area contributed by atoms with Crippen LogP contribution in [0.1, 0.15) is 31.1 Å². The highest BCUT2D eigenvalue weighted by molar-refractivity contribution is 5.89. The first kappa shape index (κ1) is 27.2. The summed E-state index contributed by atoms with van der Waals surface area (Å²) in [7, 11) is 2.96. The summed E-state index contributed by atoms with van der Waals surface area (Å²) < 4.78 is 26.0. The quantitative estimate of drug-likeness (QED) is 0.355. The van der Waals surface area contributed by atoms with Crippen molar-refractivity contribution in [3.63, 3.8) is 0 Å². The summed E-state index contributed by atoms with van der Waals surface area (Å²) in [5, 5.41) is 2.68. The van der Waals surface area contributed by atoms with Crippen molar-refractivity contribution in [1.29, 1.82) is 0 Å². The fourth-order valence-corrected chi connectivity index (χ4v) is 2.22. The van der Waals surface area contributed by atoms with Crippen molar-refractivity contribution in [3.8, 4) is 5.75 Å². The average Bonchev–Trinajstić information content (AvgIpc) is 2.74. The molecule has 0 aliphatic carbocycles. The number of likely N-dealkylation sites (N-methyl/N-ethyl adjacent to an activating group) is 1. The summed E-state index contributed by atoms with van der Waals surface area (Å²) in [5.41, 5.74) is -0.126. The number of rotatable bonds is 13. The Kier molecular flexibility index (Phi) is 12.1. The number of benzene rings is 1. The Morgan fingerprint density at radius 2 is 1.59 bits per heavy atom. The normalized spacial score (nSPS) is 10.9. The lowest BCUT2D eigenvalue weighted by atomic mass is 10.2. The summed E-state index contributed by atoms with van der Waals surface area (Å²) in [6, 6.07) is 6.30. The highest BCUT2D eigenvalue weighted by Crippen LogP contribution is 2.12. The van der Waals surface area contributed by atoms with E-state index in [0.717, 1.165) is 0 Å². The van der Waals surface area contributed by atoms with E-state index in [1.165, 1.54) is 12.0 Å². The van der Waals surface area contributed by atoms with Crippen molar-refractivity contribution >= 4 is 18.0 Å². The van der Waals surface area contributed by atoms with Crippen LogP contribution in [0.25, 0.3) is 0 Å². The number of amides is 2. The molecule has 32 heavy (non-hydrogen) atoms. The zero-order valence-electron chi connectivity index (χ0n) is 19.5. The van der Waals surface area contributed by atoms with Crippen molar-refractivity contribution in [2.75, 3.05) is 60.3 Å². The van der Waals surface area contributed by atoms with Crippen LogP contribution in [-0.2, 0) is 23.7 Å². The monoisotopic (exact) mass is 454 g/mol. The number of hydrogen-bond acceptors (Lipinski definition) is 8. The number of esters is 1. The van der Waals surface area contributed by atoms with Crippen LogP contribution in [0.3, 0.4) is 0 Å². The Balaban J connectivity index is 2.02. The number of nitrogens with zero attached hydrogens (tertiary/aromatic N) is 1. The van der Waals surface area contributed by atoms with Gasteiger partial charge >= 0.3 is 12.1 Å². The minimum Gasteiger partial charge on any atom is -0.484 e. The van der Waals surface area contributed by atoms with Gasteiger partial charge in [0.1, 0.15) is 11.4 Å². The lowest BCUT2D eigenvalue weighted by molar-refractivity contribution is -0.123. The molecule has 0 unspecified atom stereocenters. The maximum absolute atomic E-state index is 11.8.